The number of hydrogen-bond acceptors (Lipinski definition) is 6. The quantitative estimate of drug-likeness (QED) is 0.566. The number of benzene rings is 1. The van der Waals surface area contributed by atoms with E-state index in [4.69, 9.17) is 16.3 Å². The number of ketones is 1. The van der Waals surface area contributed by atoms with E-state index < -0.39 is 0 Å². The third kappa shape index (κ3) is 4.16. The molecule has 8 heteroatoms. The molecule has 6 nitrogen and oxygen atoms in total. The first-order chi connectivity index (χ1) is 12.1. The highest BCUT2D eigenvalue weighted by Crippen LogP contribution is 2.28. The second-order valence-corrected chi connectivity index (χ2v) is 7.50. The molecule has 2 heterocycles. The molecular formula is C17H21ClN4O2S. The number of carbonyl (C=O) groups is 1. The molecule has 3 rings (SSSR count). The Morgan fingerprint density at radius 1 is 1.28 bits per heavy atom. The van der Waals surface area contributed by atoms with Gasteiger partial charge in [-0.1, -0.05) is 23.4 Å². The fraction of sp³-hybridized carbons (Fsp3) is 0.471. The van der Waals surface area contributed by atoms with Crippen molar-refractivity contribution < 1.29 is 9.53 Å². The molecule has 1 aromatic heterocycles. The highest BCUT2D eigenvalue weighted by molar-refractivity contribution is 8.00. The van der Waals surface area contributed by atoms with E-state index in [0.717, 1.165) is 30.7 Å². The number of nitrogens with zero attached hydrogens (tertiary/aromatic N) is 4. The van der Waals surface area contributed by atoms with Crippen molar-refractivity contribution in [3.63, 3.8) is 0 Å². The van der Waals surface area contributed by atoms with E-state index in [1.807, 2.05) is 6.92 Å². The molecule has 2 aromatic rings. The summed E-state index contributed by atoms with van der Waals surface area (Å²) in [6.07, 6.45) is 0. The summed E-state index contributed by atoms with van der Waals surface area (Å²) in [5.74, 6) is 0.902. The van der Waals surface area contributed by atoms with Gasteiger partial charge in [-0.25, -0.2) is 0 Å². The van der Waals surface area contributed by atoms with E-state index in [9.17, 15) is 4.79 Å². The Labute approximate surface area is 156 Å². The summed E-state index contributed by atoms with van der Waals surface area (Å²) in [5, 5.41) is 9.78. The Bertz CT molecular complexity index is 729. The zero-order valence-corrected chi connectivity index (χ0v) is 15.9. The van der Waals surface area contributed by atoms with Gasteiger partial charge >= 0.3 is 0 Å². The van der Waals surface area contributed by atoms with Crippen LogP contribution >= 0.6 is 23.4 Å². The number of thioether (sulfide) groups is 1. The summed E-state index contributed by atoms with van der Waals surface area (Å²) in [5.41, 5.74) is 0.653. The van der Waals surface area contributed by atoms with Crippen LogP contribution in [-0.2, 0) is 11.3 Å². The molecule has 1 saturated heterocycles. The lowest BCUT2D eigenvalue weighted by molar-refractivity contribution is 0.0994. The van der Waals surface area contributed by atoms with E-state index in [-0.39, 0.29) is 11.0 Å². The number of hydrogen-bond donors (Lipinski definition) is 0. The van der Waals surface area contributed by atoms with Crippen molar-refractivity contribution in [2.45, 2.75) is 30.8 Å². The predicted molar refractivity (Wildman–Crippen MR) is 99.8 cm³/mol. The molecule has 0 bridgehead atoms. The van der Waals surface area contributed by atoms with Crippen LogP contribution in [0.2, 0.25) is 5.02 Å². The average Bonchev–Trinajstić information content (AvgIpc) is 3.05. The Morgan fingerprint density at radius 3 is 2.60 bits per heavy atom. The number of morpholine rings is 1. The van der Waals surface area contributed by atoms with Crippen LogP contribution in [0.4, 0.5) is 5.95 Å². The van der Waals surface area contributed by atoms with E-state index in [1.165, 1.54) is 11.8 Å². The summed E-state index contributed by atoms with van der Waals surface area (Å²) >= 11 is 7.33. The lowest BCUT2D eigenvalue weighted by Crippen LogP contribution is -2.38. The Morgan fingerprint density at radius 2 is 1.96 bits per heavy atom. The van der Waals surface area contributed by atoms with Crippen molar-refractivity contribution >= 4 is 35.1 Å². The second kappa shape index (κ2) is 8.21. The van der Waals surface area contributed by atoms with Gasteiger partial charge in [0, 0.05) is 30.2 Å². The molecule has 25 heavy (non-hydrogen) atoms. The van der Waals surface area contributed by atoms with Crippen molar-refractivity contribution in [3.8, 4) is 0 Å². The van der Waals surface area contributed by atoms with Gasteiger partial charge in [0.25, 0.3) is 0 Å². The molecule has 1 aromatic carbocycles. The van der Waals surface area contributed by atoms with Gasteiger partial charge in [-0.3, -0.25) is 9.36 Å². The molecule has 134 valence electrons. The van der Waals surface area contributed by atoms with Gasteiger partial charge in [-0.2, -0.15) is 0 Å². The number of rotatable bonds is 6. The van der Waals surface area contributed by atoms with Crippen molar-refractivity contribution in [1.82, 2.24) is 14.8 Å². The SMILES string of the molecule is CCn1c(SC(C)C(=O)c2ccc(Cl)cc2)nnc1N1CCOCC1. The third-order valence-electron chi connectivity index (χ3n) is 4.09. The summed E-state index contributed by atoms with van der Waals surface area (Å²) in [7, 11) is 0. The number of Topliss-reactive ketones (excluding diaryl/α,β-unsaturated/α-hetero) is 1. The highest BCUT2D eigenvalue weighted by atomic mass is 35.5. The molecule has 1 aliphatic heterocycles. The minimum atomic E-state index is -0.256. The van der Waals surface area contributed by atoms with Gasteiger partial charge in [0.05, 0.1) is 18.5 Å². The van der Waals surface area contributed by atoms with Gasteiger partial charge in [-0.15, -0.1) is 10.2 Å². The molecule has 0 spiro atoms. The Kier molecular flexibility index (Phi) is 5.98. The van der Waals surface area contributed by atoms with E-state index in [2.05, 4.69) is 26.6 Å². The molecular weight excluding hydrogens is 360 g/mol. The van der Waals surface area contributed by atoms with Crippen LogP contribution in [0.25, 0.3) is 0 Å². The summed E-state index contributed by atoms with van der Waals surface area (Å²) in [6.45, 7) is 7.72. The smallest absolute Gasteiger partial charge is 0.228 e. The molecule has 0 radical (unpaired) electrons. The molecule has 1 aliphatic rings. The fourth-order valence-corrected chi connectivity index (χ4v) is 3.81. The largest absolute Gasteiger partial charge is 0.378 e. The lowest BCUT2D eigenvalue weighted by atomic mass is 10.1. The zero-order valence-electron chi connectivity index (χ0n) is 14.3. The standard InChI is InChI=1S/C17H21ClN4O2S/c1-3-22-16(21-8-10-24-11-9-21)19-20-17(22)25-12(2)15(23)13-4-6-14(18)7-5-13/h4-7,12H,3,8-11H2,1-2H3. The fourth-order valence-electron chi connectivity index (χ4n) is 2.70. The van der Waals surface area contributed by atoms with Crippen LogP contribution in [-0.4, -0.2) is 52.1 Å². The second-order valence-electron chi connectivity index (χ2n) is 5.76. The van der Waals surface area contributed by atoms with Crippen LogP contribution in [0.15, 0.2) is 29.4 Å². The molecule has 0 amide bonds. The maximum absolute atomic E-state index is 12.6. The number of anilines is 1. The van der Waals surface area contributed by atoms with Crippen LogP contribution in [0, 0.1) is 0 Å². The minimum Gasteiger partial charge on any atom is -0.378 e. The molecule has 0 N–H and O–H groups in total. The third-order valence-corrected chi connectivity index (χ3v) is 5.42. The van der Waals surface area contributed by atoms with Crippen LogP contribution in [0.5, 0.6) is 0 Å². The van der Waals surface area contributed by atoms with E-state index >= 15 is 0 Å². The van der Waals surface area contributed by atoms with Gasteiger partial charge in [-0.05, 0) is 38.1 Å². The molecule has 1 atom stereocenters. The van der Waals surface area contributed by atoms with Gasteiger partial charge in [0.1, 0.15) is 0 Å². The van der Waals surface area contributed by atoms with Gasteiger partial charge < -0.3 is 9.64 Å². The number of aromatic nitrogens is 3. The predicted octanol–water partition coefficient (Wildman–Crippen LogP) is 3.15. The van der Waals surface area contributed by atoms with Crippen LogP contribution in [0.1, 0.15) is 24.2 Å². The molecule has 1 fully saturated rings. The van der Waals surface area contributed by atoms with Crippen molar-refractivity contribution in [2.24, 2.45) is 0 Å². The molecule has 0 aliphatic carbocycles. The zero-order chi connectivity index (χ0) is 17.8. The topological polar surface area (TPSA) is 60.2 Å². The van der Waals surface area contributed by atoms with E-state index in [1.54, 1.807) is 24.3 Å². The summed E-state index contributed by atoms with van der Waals surface area (Å²) in [4.78, 5) is 14.8. The maximum Gasteiger partial charge on any atom is 0.228 e. The molecule has 1 unspecified atom stereocenters. The first-order valence-electron chi connectivity index (χ1n) is 8.32. The monoisotopic (exact) mass is 380 g/mol. The van der Waals surface area contributed by atoms with Crippen molar-refractivity contribution in [3.05, 3.63) is 34.9 Å². The molecule has 0 saturated carbocycles. The lowest BCUT2D eigenvalue weighted by Gasteiger charge is -2.27. The number of carbonyl (C=O) groups excluding carboxylic acids is 1. The summed E-state index contributed by atoms with van der Waals surface area (Å²) < 4.78 is 7.45. The summed E-state index contributed by atoms with van der Waals surface area (Å²) in [6, 6.07) is 6.98. The Balaban J connectivity index is 1.74. The van der Waals surface area contributed by atoms with Gasteiger partial charge in [0.2, 0.25) is 5.95 Å². The first-order valence-corrected chi connectivity index (χ1v) is 9.58. The van der Waals surface area contributed by atoms with Crippen molar-refractivity contribution in [1.29, 1.82) is 0 Å². The average molecular weight is 381 g/mol. The first kappa shape index (κ1) is 18.2. The maximum atomic E-state index is 12.6. The number of ether oxygens (including phenoxy) is 1. The van der Waals surface area contributed by atoms with Crippen LogP contribution < -0.4 is 4.90 Å². The van der Waals surface area contributed by atoms with Gasteiger partial charge in [0.15, 0.2) is 10.9 Å². The van der Waals surface area contributed by atoms with E-state index in [0.29, 0.717) is 23.8 Å². The minimum absolute atomic E-state index is 0.0558. The normalized spacial score (nSPS) is 16.0. The van der Waals surface area contributed by atoms with Crippen LogP contribution in [0.3, 0.4) is 0 Å². The highest BCUT2D eigenvalue weighted by Gasteiger charge is 2.23. The Hall–Kier alpha value is -1.57. The van der Waals surface area contributed by atoms with Crippen molar-refractivity contribution in [2.75, 3.05) is 31.2 Å². The number of halogens is 1.